The topological polar surface area (TPSA) is 101 Å². The fourth-order valence-electron chi connectivity index (χ4n) is 2.55. The molecule has 3 amide bonds. The number of halogens is 3. The molecule has 0 aromatic heterocycles. The number of hydrogen-bond donors (Lipinski definition) is 3. The maximum atomic E-state index is 12.8. The lowest BCUT2D eigenvalue weighted by atomic mass is 10.0. The molecule has 9 heteroatoms. The van der Waals surface area contributed by atoms with Crippen LogP contribution in [0.15, 0.2) is 24.3 Å². The lowest BCUT2D eigenvalue weighted by molar-refractivity contribution is -0.137. The van der Waals surface area contributed by atoms with Gasteiger partial charge in [0.05, 0.1) is 5.56 Å². The van der Waals surface area contributed by atoms with Gasteiger partial charge in [0.1, 0.15) is 12.1 Å². The highest BCUT2D eigenvalue weighted by Crippen LogP contribution is 2.29. The van der Waals surface area contributed by atoms with Crippen LogP contribution in [0.4, 0.5) is 13.2 Å². The van der Waals surface area contributed by atoms with E-state index in [0.717, 1.165) is 12.1 Å². The molecule has 0 heterocycles. The van der Waals surface area contributed by atoms with Crippen molar-refractivity contribution in [1.82, 2.24) is 10.6 Å². The van der Waals surface area contributed by atoms with Crippen molar-refractivity contribution >= 4 is 17.7 Å². The molecular weight excluding hydrogens is 363 g/mol. The van der Waals surface area contributed by atoms with Gasteiger partial charge in [-0.3, -0.25) is 14.4 Å². The van der Waals surface area contributed by atoms with Crippen molar-refractivity contribution in [3.05, 3.63) is 35.4 Å². The first-order valence-corrected chi connectivity index (χ1v) is 8.43. The standard InChI is InChI=1S/C18H24F3N3O3/c1-10(2)7-15(23-11(3)25)17(27)24-14(16(22)26)9-12-5-4-6-13(8-12)18(19,20)21/h4-6,8,10,14-15H,7,9H2,1-3H3,(H2,22,26)(H,23,25)(H,24,27)/t14-,15+/m1/s1. The quantitative estimate of drug-likeness (QED) is 0.634. The maximum absolute atomic E-state index is 12.8. The van der Waals surface area contributed by atoms with Crippen molar-refractivity contribution in [2.45, 2.75) is 51.9 Å². The molecule has 0 unspecified atom stereocenters. The molecule has 0 saturated heterocycles. The molecular formula is C18H24F3N3O3. The summed E-state index contributed by atoms with van der Waals surface area (Å²) in [4.78, 5) is 35.4. The zero-order valence-corrected chi connectivity index (χ0v) is 15.4. The third-order valence-electron chi connectivity index (χ3n) is 3.76. The Labute approximate surface area is 155 Å². The number of carbonyl (C=O) groups excluding carboxylic acids is 3. The fraction of sp³-hybridized carbons (Fsp3) is 0.500. The van der Waals surface area contributed by atoms with Crippen molar-refractivity contribution < 1.29 is 27.6 Å². The Morgan fingerprint density at radius 3 is 2.22 bits per heavy atom. The fourth-order valence-corrected chi connectivity index (χ4v) is 2.55. The van der Waals surface area contributed by atoms with Gasteiger partial charge in [-0.2, -0.15) is 13.2 Å². The second kappa shape index (κ2) is 9.38. The first kappa shape index (κ1) is 22.5. The summed E-state index contributed by atoms with van der Waals surface area (Å²) in [5, 5.41) is 4.92. The molecule has 150 valence electrons. The van der Waals surface area contributed by atoms with Gasteiger partial charge < -0.3 is 16.4 Å². The Bertz CT molecular complexity index is 690. The van der Waals surface area contributed by atoms with E-state index in [9.17, 15) is 27.6 Å². The van der Waals surface area contributed by atoms with Gasteiger partial charge in [-0.05, 0) is 24.0 Å². The summed E-state index contributed by atoms with van der Waals surface area (Å²) in [7, 11) is 0. The van der Waals surface area contributed by atoms with Crippen LogP contribution in [0.2, 0.25) is 0 Å². The van der Waals surface area contributed by atoms with Crippen LogP contribution in [0.25, 0.3) is 0 Å². The van der Waals surface area contributed by atoms with Crippen molar-refractivity contribution in [2.24, 2.45) is 11.7 Å². The minimum Gasteiger partial charge on any atom is -0.368 e. The SMILES string of the molecule is CC(=O)N[C@@H](CC(C)C)C(=O)N[C@H](Cc1cccc(C(F)(F)F)c1)C(N)=O. The minimum absolute atomic E-state index is 0.0862. The molecule has 4 N–H and O–H groups in total. The molecule has 2 atom stereocenters. The van der Waals surface area contributed by atoms with E-state index in [-0.39, 0.29) is 17.9 Å². The third kappa shape index (κ3) is 7.67. The Morgan fingerprint density at radius 1 is 1.11 bits per heavy atom. The summed E-state index contributed by atoms with van der Waals surface area (Å²) < 4.78 is 38.5. The van der Waals surface area contributed by atoms with Gasteiger partial charge in [0, 0.05) is 13.3 Å². The Morgan fingerprint density at radius 2 is 1.74 bits per heavy atom. The second-order valence-electron chi connectivity index (χ2n) is 6.75. The van der Waals surface area contributed by atoms with E-state index in [1.165, 1.54) is 19.1 Å². The molecule has 0 aliphatic carbocycles. The first-order chi connectivity index (χ1) is 12.4. The molecule has 0 bridgehead atoms. The van der Waals surface area contributed by atoms with Gasteiger partial charge in [0.15, 0.2) is 0 Å². The molecule has 0 saturated carbocycles. The van der Waals surface area contributed by atoms with Gasteiger partial charge in [-0.25, -0.2) is 0 Å². The molecule has 0 radical (unpaired) electrons. The molecule has 0 spiro atoms. The van der Waals surface area contributed by atoms with Crippen LogP contribution in [0.5, 0.6) is 0 Å². The summed E-state index contributed by atoms with van der Waals surface area (Å²) >= 11 is 0. The Hall–Kier alpha value is -2.58. The minimum atomic E-state index is -4.52. The summed E-state index contributed by atoms with van der Waals surface area (Å²) in [6, 6.07) is 2.38. The second-order valence-corrected chi connectivity index (χ2v) is 6.75. The molecule has 1 aromatic carbocycles. The number of hydrogen-bond acceptors (Lipinski definition) is 3. The highest BCUT2D eigenvalue weighted by molar-refractivity contribution is 5.91. The molecule has 0 aliphatic rings. The van der Waals surface area contributed by atoms with E-state index in [1.54, 1.807) is 0 Å². The van der Waals surface area contributed by atoms with Crippen LogP contribution in [0, 0.1) is 5.92 Å². The lowest BCUT2D eigenvalue weighted by Crippen LogP contribution is -2.53. The highest BCUT2D eigenvalue weighted by atomic mass is 19.4. The Kier molecular flexibility index (Phi) is 7.81. The van der Waals surface area contributed by atoms with Crippen LogP contribution in [0.3, 0.4) is 0 Å². The highest BCUT2D eigenvalue weighted by Gasteiger charge is 2.31. The number of amides is 3. The van der Waals surface area contributed by atoms with E-state index in [0.29, 0.717) is 6.42 Å². The van der Waals surface area contributed by atoms with Crippen LogP contribution in [-0.4, -0.2) is 29.8 Å². The predicted octanol–water partition coefficient (Wildman–Crippen LogP) is 1.77. The molecule has 27 heavy (non-hydrogen) atoms. The molecule has 0 fully saturated rings. The smallest absolute Gasteiger partial charge is 0.368 e. The van der Waals surface area contributed by atoms with Crippen molar-refractivity contribution in [3.8, 4) is 0 Å². The van der Waals surface area contributed by atoms with Gasteiger partial charge in [0.25, 0.3) is 0 Å². The average molecular weight is 387 g/mol. The maximum Gasteiger partial charge on any atom is 0.416 e. The van der Waals surface area contributed by atoms with E-state index >= 15 is 0 Å². The zero-order valence-electron chi connectivity index (χ0n) is 15.4. The third-order valence-corrected chi connectivity index (χ3v) is 3.76. The number of alkyl halides is 3. The molecule has 6 nitrogen and oxygen atoms in total. The first-order valence-electron chi connectivity index (χ1n) is 8.43. The van der Waals surface area contributed by atoms with Gasteiger partial charge >= 0.3 is 6.18 Å². The van der Waals surface area contributed by atoms with Crippen LogP contribution < -0.4 is 16.4 Å². The van der Waals surface area contributed by atoms with E-state index in [1.807, 2.05) is 13.8 Å². The number of nitrogens with two attached hydrogens (primary N) is 1. The number of rotatable bonds is 8. The number of benzene rings is 1. The summed E-state index contributed by atoms with van der Waals surface area (Å²) in [6.07, 6.45) is -4.38. The number of nitrogens with one attached hydrogen (secondary N) is 2. The number of carbonyl (C=O) groups is 3. The van der Waals surface area contributed by atoms with Crippen molar-refractivity contribution in [1.29, 1.82) is 0 Å². The molecule has 0 aliphatic heterocycles. The van der Waals surface area contributed by atoms with E-state index in [2.05, 4.69) is 10.6 Å². The van der Waals surface area contributed by atoms with Crippen molar-refractivity contribution in [2.75, 3.05) is 0 Å². The Balaban J connectivity index is 2.94. The van der Waals surface area contributed by atoms with Crippen molar-refractivity contribution in [3.63, 3.8) is 0 Å². The largest absolute Gasteiger partial charge is 0.416 e. The zero-order chi connectivity index (χ0) is 20.8. The monoisotopic (exact) mass is 387 g/mol. The van der Waals surface area contributed by atoms with Crippen LogP contribution in [0.1, 0.15) is 38.3 Å². The summed E-state index contributed by atoms with van der Waals surface area (Å²) in [5.41, 5.74) is 4.64. The predicted molar refractivity (Wildman–Crippen MR) is 93.3 cm³/mol. The lowest BCUT2D eigenvalue weighted by Gasteiger charge is -2.23. The van der Waals surface area contributed by atoms with Crippen LogP contribution in [-0.2, 0) is 27.0 Å². The average Bonchev–Trinajstić information content (AvgIpc) is 2.52. The number of primary amides is 1. The molecule has 1 aromatic rings. The van der Waals surface area contributed by atoms with E-state index < -0.39 is 41.5 Å². The summed E-state index contributed by atoms with van der Waals surface area (Å²) in [6.45, 7) is 4.97. The normalized spacial score (nSPS) is 13.7. The van der Waals surface area contributed by atoms with Gasteiger partial charge in [0.2, 0.25) is 17.7 Å². The van der Waals surface area contributed by atoms with Gasteiger partial charge in [-0.1, -0.05) is 32.0 Å². The molecule has 1 rings (SSSR count). The van der Waals surface area contributed by atoms with Gasteiger partial charge in [-0.15, -0.1) is 0 Å². The van der Waals surface area contributed by atoms with Crippen LogP contribution >= 0.6 is 0 Å². The van der Waals surface area contributed by atoms with E-state index in [4.69, 9.17) is 5.73 Å². The summed E-state index contributed by atoms with van der Waals surface area (Å²) in [5.74, 6) is -1.83.